The molecule has 8 nitrogen and oxygen atoms in total. The number of halogens is 4. The molecule has 36 heavy (non-hydrogen) atoms. The van der Waals surface area contributed by atoms with Gasteiger partial charge in [0.2, 0.25) is 5.95 Å². The molecule has 4 heterocycles. The van der Waals surface area contributed by atoms with Gasteiger partial charge in [-0.1, -0.05) is 18.2 Å². The number of rotatable bonds is 4. The molecule has 1 unspecified atom stereocenters. The predicted octanol–water partition coefficient (Wildman–Crippen LogP) is 4.37. The van der Waals surface area contributed by atoms with E-state index in [0.717, 1.165) is 52.4 Å². The van der Waals surface area contributed by atoms with E-state index in [4.69, 9.17) is 0 Å². The molecule has 0 bridgehead atoms. The van der Waals surface area contributed by atoms with Gasteiger partial charge >= 0.3 is 6.18 Å². The molecule has 0 saturated heterocycles. The molecule has 0 radical (unpaired) electrons. The minimum atomic E-state index is -4.92. The third-order valence-corrected chi connectivity index (χ3v) is 6.39. The number of aliphatic hydroxyl groups is 1. The van der Waals surface area contributed by atoms with Gasteiger partial charge < -0.3 is 15.4 Å². The number of hydrogen-bond acceptors (Lipinski definition) is 6. The van der Waals surface area contributed by atoms with Crippen molar-refractivity contribution >= 4 is 22.5 Å². The number of H-pyrrole nitrogens is 1. The number of fused-ring (bicyclic) bond motifs is 4. The van der Waals surface area contributed by atoms with Gasteiger partial charge in [0.15, 0.2) is 17.6 Å². The minimum absolute atomic E-state index is 0.0447. The van der Waals surface area contributed by atoms with Crippen molar-refractivity contribution in [2.45, 2.75) is 37.6 Å². The van der Waals surface area contributed by atoms with Gasteiger partial charge in [-0.05, 0) is 37.0 Å². The number of aryl methyl sites for hydroxylation is 1. The van der Waals surface area contributed by atoms with Crippen LogP contribution in [0.1, 0.15) is 29.3 Å². The molecule has 0 saturated carbocycles. The molecule has 1 aromatic carbocycles. The fraction of sp³-hybridized carbons (Fsp3) is 0.250. The molecular formula is C24H19F4N7O. The Labute approximate surface area is 201 Å². The van der Waals surface area contributed by atoms with Crippen molar-refractivity contribution in [1.29, 1.82) is 0 Å². The molecule has 12 heteroatoms. The third kappa shape index (κ3) is 3.83. The zero-order valence-corrected chi connectivity index (χ0v) is 18.6. The highest BCUT2D eigenvalue weighted by molar-refractivity contribution is 5.85. The average molecular weight is 497 g/mol. The lowest BCUT2D eigenvalue weighted by atomic mass is 9.91. The zero-order chi connectivity index (χ0) is 25.0. The molecule has 3 N–H and O–H groups in total. The fourth-order valence-electron chi connectivity index (χ4n) is 4.70. The van der Waals surface area contributed by atoms with E-state index in [1.807, 2.05) is 24.3 Å². The van der Waals surface area contributed by atoms with Gasteiger partial charge in [0.1, 0.15) is 5.82 Å². The van der Waals surface area contributed by atoms with E-state index in [2.05, 4.69) is 30.4 Å². The summed E-state index contributed by atoms with van der Waals surface area (Å²) < 4.78 is 54.9. The summed E-state index contributed by atoms with van der Waals surface area (Å²) in [6.45, 7) is 0. The zero-order valence-electron chi connectivity index (χ0n) is 18.6. The summed E-state index contributed by atoms with van der Waals surface area (Å²) in [5, 5.41) is 18.4. The Hall–Kier alpha value is -4.06. The molecule has 0 amide bonds. The van der Waals surface area contributed by atoms with Crippen LogP contribution in [0.5, 0.6) is 0 Å². The van der Waals surface area contributed by atoms with Crippen molar-refractivity contribution in [1.82, 2.24) is 29.5 Å². The van der Waals surface area contributed by atoms with Crippen LogP contribution in [0.2, 0.25) is 0 Å². The Bertz CT molecular complexity index is 1590. The van der Waals surface area contributed by atoms with E-state index in [1.54, 1.807) is 0 Å². The number of alkyl halides is 3. The van der Waals surface area contributed by atoms with Gasteiger partial charge in [0.25, 0.3) is 0 Å². The summed E-state index contributed by atoms with van der Waals surface area (Å²) in [6, 6.07) is 9.03. The van der Waals surface area contributed by atoms with Crippen molar-refractivity contribution in [2.75, 3.05) is 5.32 Å². The van der Waals surface area contributed by atoms with Crippen LogP contribution in [0.25, 0.3) is 27.9 Å². The maximum atomic E-state index is 13.8. The number of nitrogens with zero attached hydrogens (tertiary/aromatic N) is 5. The first-order chi connectivity index (χ1) is 17.3. The average Bonchev–Trinajstić information content (AvgIpc) is 3.44. The monoisotopic (exact) mass is 497 g/mol. The normalized spacial score (nSPS) is 16.9. The summed E-state index contributed by atoms with van der Waals surface area (Å²) in [6.07, 6.45) is -2.32. The first kappa shape index (κ1) is 22.4. The highest BCUT2D eigenvalue weighted by Gasteiger charge is 2.41. The van der Waals surface area contributed by atoms with E-state index in [0.29, 0.717) is 6.42 Å². The summed E-state index contributed by atoms with van der Waals surface area (Å²) >= 11 is 0. The first-order valence-corrected chi connectivity index (χ1v) is 11.2. The second kappa shape index (κ2) is 8.26. The van der Waals surface area contributed by atoms with Crippen molar-refractivity contribution in [3.8, 4) is 11.4 Å². The summed E-state index contributed by atoms with van der Waals surface area (Å²) in [4.78, 5) is 15.9. The van der Waals surface area contributed by atoms with Crippen LogP contribution in [-0.2, 0) is 12.8 Å². The Kier molecular flexibility index (Phi) is 5.14. The molecule has 4 aromatic heterocycles. The van der Waals surface area contributed by atoms with Crippen LogP contribution in [0, 0.1) is 5.82 Å². The van der Waals surface area contributed by atoms with Crippen LogP contribution in [0.15, 0.2) is 48.9 Å². The first-order valence-electron chi connectivity index (χ1n) is 11.2. The van der Waals surface area contributed by atoms with E-state index >= 15 is 0 Å². The van der Waals surface area contributed by atoms with E-state index in [1.165, 1.54) is 11.8 Å². The van der Waals surface area contributed by atoms with Crippen LogP contribution in [0.3, 0.4) is 0 Å². The highest BCUT2D eigenvalue weighted by Crippen LogP contribution is 2.35. The predicted molar refractivity (Wildman–Crippen MR) is 123 cm³/mol. The Morgan fingerprint density at radius 3 is 2.78 bits per heavy atom. The molecule has 5 aromatic rings. The lowest BCUT2D eigenvalue weighted by Crippen LogP contribution is -2.29. The third-order valence-electron chi connectivity index (χ3n) is 6.39. The van der Waals surface area contributed by atoms with Crippen molar-refractivity contribution in [3.05, 3.63) is 71.6 Å². The number of nitrogens with one attached hydrogen (secondary N) is 2. The van der Waals surface area contributed by atoms with Gasteiger partial charge in [-0.25, -0.2) is 9.37 Å². The molecule has 2 atom stereocenters. The Balaban J connectivity index is 1.43. The van der Waals surface area contributed by atoms with Crippen molar-refractivity contribution < 1.29 is 22.7 Å². The van der Waals surface area contributed by atoms with Crippen molar-refractivity contribution in [2.24, 2.45) is 0 Å². The smallest absolute Gasteiger partial charge is 0.379 e. The van der Waals surface area contributed by atoms with Gasteiger partial charge in [0, 0.05) is 34.4 Å². The van der Waals surface area contributed by atoms with Crippen molar-refractivity contribution in [3.63, 3.8) is 0 Å². The number of anilines is 1. The molecule has 0 aliphatic heterocycles. The van der Waals surface area contributed by atoms with Gasteiger partial charge in [-0.15, -0.1) is 0 Å². The standard InChI is InChI=1S/C24H19F4N7O/c25-13-7-12(9-29-10-13)21-33-22-17(20(36)24(26,27)28)11-30-35(22)23(34-21)31-14-5-6-19-16(8-14)15-3-1-2-4-18(15)32-19/h1-4,7,9-11,14,20,32,36H,5-6,8H2,(H,31,33,34)/t14?,20-/m0/s1. The lowest BCUT2D eigenvalue weighted by molar-refractivity contribution is -0.206. The number of hydrogen-bond donors (Lipinski definition) is 3. The van der Waals surface area contributed by atoms with Crippen LogP contribution < -0.4 is 5.32 Å². The SMILES string of the molecule is O[C@@H](c1cnn2c(NC3CCc4[nH]c5ccccc5c4C3)nc(-c3cncc(F)c3)nc12)C(F)(F)F. The lowest BCUT2D eigenvalue weighted by Gasteiger charge is -2.24. The number of pyridine rings is 1. The second-order valence-corrected chi connectivity index (χ2v) is 8.75. The Morgan fingerprint density at radius 2 is 1.97 bits per heavy atom. The number of para-hydroxylation sites is 1. The van der Waals surface area contributed by atoms with E-state index < -0.39 is 23.7 Å². The number of benzene rings is 1. The Morgan fingerprint density at radius 1 is 1.14 bits per heavy atom. The van der Waals surface area contributed by atoms with E-state index in [9.17, 15) is 22.7 Å². The molecule has 0 fully saturated rings. The summed E-state index contributed by atoms with van der Waals surface area (Å²) in [7, 11) is 0. The van der Waals surface area contributed by atoms with Crippen LogP contribution >= 0.6 is 0 Å². The maximum Gasteiger partial charge on any atom is 0.418 e. The molecule has 6 rings (SSSR count). The van der Waals surface area contributed by atoms with Gasteiger partial charge in [0.05, 0.1) is 18.0 Å². The largest absolute Gasteiger partial charge is 0.418 e. The minimum Gasteiger partial charge on any atom is -0.379 e. The fourth-order valence-corrected chi connectivity index (χ4v) is 4.70. The number of aromatic nitrogens is 6. The molecule has 1 aliphatic carbocycles. The topological polar surface area (TPSA) is 104 Å². The second-order valence-electron chi connectivity index (χ2n) is 8.75. The van der Waals surface area contributed by atoms with Crippen LogP contribution in [0.4, 0.5) is 23.5 Å². The summed E-state index contributed by atoms with van der Waals surface area (Å²) in [5.74, 6) is -0.557. The van der Waals surface area contributed by atoms with Gasteiger partial charge in [-0.3, -0.25) is 4.98 Å². The molecule has 0 spiro atoms. The summed E-state index contributed by atoms with van der Waals surface area (Å²) in [5.41, 5.74) is 2.79. The molecular weight excluding hydrogens is 478 g/mol. The van der Waals surface area contributed by atoms with E-state index in [-0.39, 0.29) is 29.0 Å². The number of aliphatic hydroxyl groups excluding tert-OH is 1. The molecule has 1 aliphatic rings. The number of aromatic amines is 1. The highest BCUT2D eigenvalue weighted by atomic mass is 19.4. The quantitative estimate of drug-likeness (QED) is 0.319. The van der Waals surface area contributed by atoms with Crippen LogP contribution in [-0.4, -0.2) is 46.9 Å². The molecule has 184 valence electrons. The maximum absolute atomic E-state index is 13.8. The van der Waals surface area contributed by atoms with Gasteiger partial charge in [-0.2, -0.15) is 27.8 Å².